The molecule has 0 amide bonds. The molecule has 1 aromatic heterocycles. The van der Waals surface area contributed by atoms with Crippen molar-refractivity contribution in [2.24, 2.45) is 0 Å². The van der Waals surface area contributed by atoms with E-state index in [4.69, 9.17) is 67.6 Å². The topological polar surface area (TPSA) is 358 Å². The first kappa shape index (κ1) is 36.8. The van der Waals surface area contributed by atoms with Crippen LogP contribution in [-0.4, -0.2) is 99.5 Å². The van der Waals surface area contributed by atoms with Crippen LogP contribution in [0.2, 0.25) is 0 Å². The van der Waals surface area contributed by atoms with E-state index in [1.165, 1.54) is 0 Å². The van der Waals surface area contributed by atoms with Gasteiger partial charge in [0.2, 0.25) is 5.60 Å². The fourth-order valence-corrected chi connectivity index (χ4v) is 2.11. The number of aliphatic hydroxyl groups excluding tert-OH is 2. The zero-order valence-corrected chi connectivity index (χ0v) is 19.5. The van der Waals surface area contributed by atoms with Gasteiger partial charge in [-0.25, -0.2) is 18.5 Å². The molecule has 0 saturated carbocycles. The maximum absolute atomic E-state index is 13.1. The van der Waals surface area contributed by atoms with E-state index in [0.717, 1.165) is 6.07 Å². The van der Waals surface area contributed by atoms with E-state index in [2.05, 4.69) is 0 Å². The highest BCUT2D eigenvalue weighted by atomic mass is 31.2. The summed E-state index contributed by atoms with van der Waals surface area (Å²) in [6.07, 6.45) is -11.3. The molecule has 13 N–H and O–H groups in total. The smallest absolute Gasteiger partial charge is 0.394 e. The molecule has 0 radical (unpaired) electrons. The minimum Gasteiger partial charge on any atom is -0.394 e. The minimum atomic E-state index is -5.35. The molecule has 0 aliphatic carbocycles. The number of hydrogen-bond donors (Lipinski definition) is 13. The minimum absolute atomic E-state index is 0.285. The average Bonchev–Trinajstić information content (AvgIpc) is 2.83. The van der Waals surface area contributed by atoms with Gasteiger partial charge < -0.3 is 64.1 Å². The highest BCUT2D eigenvalue weighted by Gasteiger charge is 2.70. The van der Waals surface area contributed by atoms with Crippen LogP contribution in [0.4, 0.5) is 13.2 Å². The van der Waals surface area contributed by atoms with E-state index in [1.807, 2.05) is 0 Å². The third-order valence-electron chi connectivity index (χ3n) is 3.22. The number of phosphoric acid groups is 3. The third kappa shape index (κ3) is 15.0. The SMILES string of the molecule is O=P(O)(O)O.O=P(O)(O)O.O=P(O)(O)O.O=c1ccn([C@@H]2O[C@H](CO)[C@@H](O)[C@]2(O)C(F)(F)F)c(=O)[nH]1. The van der Waals surface area contributed by atoms with Gasteiger partial charge in [-0.05, 0) is 0 Å². The summed E-state index contributed by atoms with van der Waals surface area (Å²) in [5.41, 5.74) is -5.94. The zero-order chi connectivity index (χ0) is 29.5. The lowest BCUT2D eigenvalue weighted by Crippen LogP contribution is -2.58. The molecule has 1 aliphatic rings. The number of hydrogen-bond acceptors (Lipinski definition) is 9. The Morgan fingerprint density at radius 2 is 1.31 bits per heavy atom. The summed E-state index contributed by atoms with van der Waals surface area (Å²) in [6, 6.07) is 0.750. The van der Waals surface area contributed by atoms with Gasteiger partial charge in [-0.15, -0.1) is 0 Å². The van der Waals surface area contributed by atoms with Crippen molar-refractivity contribution < 1.29 is 91.0 Å². The highest BCUT2D eigenvalue weighted by Crippen LogP contribution is 2.47. The molecular formula is C10H20F3N2O18P3. The second-order valence-electron chi connectivity index (χ2n) is 6.03. The monoisotopic (exact) mass is 606 g/mol. The van der Waals surface area contributed by atoms with Crippen LogP contribution in [0.3, 0.4) is 0 Å². The van der Waals surface area contributed by atoms with E-state index in [1.54, 1.807) is 4.98 Å². The summed E-state index contributed by atoms with van der Waals surface area (Å²) in [6.45, 7) is -1.01. The first-order valence-corrected chi connectivity index (χ1v) is 12.7. The molecule has 0 aromatic carbocycles. The van der Waals surface area contributed by atoms with Gasteiger partial charge in [0.15, 0.2) is 6.23 Å². The van der Waals surface area contributed by atoms with Crippen molar-refractivity contribution in [2.75, 3.05) is 6.61 Å². The van der Waals surface area contributed by atoms with Gasteiger partial charge in [0.05, 0.1) is 6.61 Å². The second kappa shape index (κ2) is 13.4. The quantitative estimate of drug-likeness (QED) is 0.141. The molecule has 0 bridgehead atoms. The van der Waals surface area contributed by atoms with Gasteiger partial charge in [-0.2, -0.15) is 13.2 Å². The van der Waals surface area contributed by atoms with Crippen LogP contribution < -0.4 is 11.2 Å². The Morgan fingerprint density at radius 3 is 1.58 bits per heavy atom. The molecule has 20 nitrogen and oxygen atoms in total. The summed E-state index contributed by atoms with van der Waals surface area (Å²) in [4.78, 5) is 88.9. The number of aliphatic hydroxyl groups is 3. The summed E-state index contributed by atoms with van der Waals surface area (Å²) in [5, 5.41) is 28.3. The number of rotatable bonds is 2. The molecule has 1 aromatic rings. The first-order valence-electron chi connectivity index (χ1n) is 8.02. The van der Waals surface area contributed by atoms with Crippen molar-refractivity contribution in [1.82, 2.24) is 9.55 Å². The predicted molar refractivity (Wildman–Crippen MR) is 102 cm³/mol. The molecule has 1 aliphatic heterocycles. The van der Waals surface area contributed by atoms with Crippen molar-refractivity contribution in [2.45, 2.75) is 30.2 Å². The Balaban J connectivity index is 0. The molecule has 0 unspecified atom stereocenters. The summed E-state index contributed by atoms with van der Waals surface area (Å²) < 4.78 is 71.0. The van der Waals surface area contributed by atoms with Gasteiger partial charge in [0.25, 0.3) is 5.56 Å². The molecule has 26 heteroatoms. The van der Waals surface area contributed by atoms with E-state index in [-0.39, 0.29) is 4.57 Å². The predicted octanol–water partition coefficient (Wildman–Crippen LogP) is -4.71. The molecule has 4 atom stereocenters. The lowest BCUT2D eigenvalue weighted by atomic mass is 9.93. The second-order valence-corrected chi connectivity index (χ2v) is 9.11. The number of aromatic amines is 1. The number of aromatic nitrogens is 2. The fourth-order valence-electron chi connectivity index (χ4n) is 2.11. The van der Waals surface area contributed by atoms with Crippen LogP contribution in [0.15, 0.2) is 21.9 Å². The molecular weight excluding hydrogens is 586 g/mol. The van der Waals surface area contributed by atoms with Gasteiger partial charge >= 0.3 is 35.3 Å². The number of halogens is 3. The Kier molecular flexibility index (Phi) is 13.7. The number of nitrogens with zero attached hydrogens (tertiary/aromatic N) is 1. The molecule has 1 saturated heterocycles. The Morgan fingerprint density at radius 1 is 0.944 bits per heavy atom. The number of alkyl halides is 3. The van der Waals surface area contributed by atoms with Crippen molar-refractivity contribution in [1.29, 1.82) is 0 Å². The van der Waals surface area contributed by atoms with Crippen LogP contribution in [0.25, 0.3) is 0 Å². The number of nitrogens with one attached hydrogen (secondary N) is 1. The Bertz CT molecular complexity index is 1020. The molecule has 2 rings (SSSR count). The number of H-pyrrole nitrogens is 1. The van der Waals surface area contributed by atoms with Crippen LogP contribution in [0, 0.1) is 0 Å². The fraction of sp³-hybridized carbons (Fsp3) is 0.600. The van der Waals surface area contributed by atoms with Gasteiger partial charge in [0, 0.05) is 12.3 Å². The molecule has 0 spiro atoms. The van der Waals surface area contributed by atoms with Crippen LogP contribution >= 0.6 is 23.5 Å². The van der Waals surface area contributed by atoms with E-state index < -0.39 is 71.5 Å². The largest absolute Gasteiger partial charge is 0.466 e. The lowest BCUT2D eigenvalue weighted by molar-refractivity contribution is -0.304. The molecule has 1 fully saturated rings. The van der Waals surface area contributed by atoms with Crippen molar-refractivity contribution >= 4 is 23.5 Å². The summed E-state index contributed by atoms with van der Waals surface area (Å²) >= 11 is 0. The van der Waals surface area contributed by atoms with Crippen molar-refractivity contribution in [3.8, 4) is 0 Å². The van der Waals surface area contributed by atoms with Gasteiger partial charge in [-0.1, -0.05) is 0 Å². The third-order valence-corrected chi connectivity index (χ3v) is 3.22. The Hall–Kier alpha value is -1.36. The Labute approximate surface area is 194 Å². The van der Waals surface area contributed by atoms with Gasteiger partial charge in [-0.3, -0.25) is 14.3 Å². The zero-order valence-electron chi connectivity index (χ0n) is 16.8. The molecule has 214 valence electrons. The average molecular weight is 606 g/mol. The molecule has 2 heterocycles. The normalized spacial score (nSPS) is 24.4. The summed E-state index contributed by atoms with van der Waals surface area (Å²) in [7, 11) is -13.9. The van der Waals surface area contributed by atoms with Crippen molar-refractivity contribution in [3.63, 3.8) is 0 Å². The summed E-state index contributed by atoms with van der Waals surface area (Å²) in [5.74, 6) is 0. The van der Waals surface area contributed by atoms with Crippen molar-refractivity contribution in [3.05, 3.63) is 33.1 Å². The first-order chi connectivity index (χ1) is 15.6. The van der Waals surface area contributed by atoms with Crippen LogP contribution in [0.5, 0.6) is 0 Å². The molecule has 36 heavy (non-hydrogen) atoms. The van der Waals surface area contributed by atoms with Gasteiger partial charge in [0.1, 0.15) is 12.2 Å². The lowest BCUT2D eigenvalue weighted by Gasteiger charge is -2.33. The van der Waals surface area contributed by atoms with Crippen LogP contribution in [-0.2, 0) is 18.4 Å². The number of ether oxygens (including phenoxy) is 1. The van der Waals surface area contributed by atoms with E-state index >= 15 is 0 Å². The standard InChI is InChI=1S/C10H11F3N2O6.3H3O4P/c11-10(12,13)9(20)6(18)4(3-16)21-7(9)15-2-1-5(17)14-8(15)19;3*1-5(2,3)4/h1-2,4,6-7,16,18,20H,3H2,(H,14,17,19);3*(H3,1,2,3,4)/t4-,6-,7-,9-;;;/m1.../s1. The maximum atomic E-state index is 13.1. The van der Waals surface area contributed by atoms with Crippen LogP contribution in [0.1, 0.15) is 6.23 Å². The highest BCUT2D eigenvalue weighted by molar-refractivity contribution is 7.45. The van der Waals surface area contributed by atoms with E-state index in [0.29, 0.717) is 6.20 Å². The van der Waals surface area contributed by atoms with E-state index in [9.17, 15) is 33.0 Å². The maximum Gasteiger partial charge on any atom is 0.466 e.